The van der Waals surface area contributed by atoms with Crippen molar-refractivity contribution in [2.75, 3.05) is 6.54 Å². The fraction of sp³-hybridized carbons (Fsp3) is 0.579. The van der Waals surface area contributed by atoms with Gasteiger partial charge in [-0.15, -0.1) is 0 Å². The van der Waals surface area contributed by atoms with E-state index in [0.717, 1.165) is 12.1 Å². The fourth-order valence-electron chi connectivity index (χ4n) is 4.54. The molecule has 5 atom stereocenters. The average Bonchev–Trinajstić information content (AvgIpc) is 2.85. The van der Waals surface area contributed by atoms with Gasteiger partial charge >= 0.3 is 5.97 Å². The van der Waals surface area contributed by atoms with Crippen molar-refractivity contribution in [3.63, 3.8) is 0 Å². The maximum Gasteiger partial charge on any atom is 0.311 e. The second kappa shape index (κ2) is 6.46. The van der Waals surface area contributed by atoms with E-state index in [1.165, 1.54) is 12.1 Å². The van der Waals surface area contributed by atoms with Crippen LogP contribution in [-0.2, 0) is 16.1 Å². The van der Waals surface area contributed by atoms with Gasteiger partial charge in [-0.2, -0.15) is 0 Å². The molecule has 0 radical (unpaired) electrons. The van der Waals surface area contributed by atoms with Gasteiger partial charge in [0.25, 0.3) is 0 Å². The fourth-order valence-corrected chi connectivity index (χ4v) is 4.92. The number of benzene rings is 1. The van der Waals surface area contributed by atoms with Gasteiger partial charge < -0.3 is 19.6 Å². The zero-order chi connectivity index (χ0) is 18.6. The molecule has 3 heterocycles. The third kappa shape index (κ3) is 2.77. The normalized spacial score (nSPS) is 33.0. The van der Waals surface area contributed by atoms with Gasteiger partial charge in [-0.1, -0.05) is 26.0 Å². The van der Waals surface area contributed by atoms with E-state index in [1.807, 2.05) is 4.90 Å². The summed E-state index contributed by atoms with van der Waals surface area (Å²) in [5.74, 6) is -0.490. The van der Waals surface area contributed by atoms with Crippen LogP contribution in [0.1, 0.15) is 25.8 Å². The highest BCUT2D eigenvalue weighted by molar-refractivity contribution is 7.80. The van der Waals surface area contributed by atoms with Gasteiger partial charge in [0, 0.05) is 13.1 Å². The first-order valence-electron chi connectivity index (χ1n) is 9.07. The number of hydrogen-bond acceptors (Lipinski definition) is 4. The van der Waals surface area contributed by atoms with E-state index < -0.39 is 12.2 Å². The van der Waals surface area contributed by atoms with Crippen LogP contribution in [0.5, 0.6) is 0 Å². The minimum atomic E-state index is -0.670. The standard InChI is InChI=1S/C19H23FN2O3S/c1-10(2)8-21-15-13-7-14(23)17(25-18(13)24)16(15)22(19(21)26)9-11-3-5-12(20)6-4-11/h3-6,10,13-17,23H,7-9H2,1-2H3/t13-,14-,15-,16-,17+/m1/s1. The molecule has 140 valence electrons. The molecular formula is C19H23FN2O3S. The van der Waals surface area contributed by atoms with Gasteiger partial charge in [0.1, 0.15) is 11.9 Å². The van der Waals surface area contributed by atoms with E-state index in [0.29, 0.717) is 24.0 Å². The van der Waals surface area contributed by atoms with E-state index in [2.05, 4.69) is 18.7 Å². The minimum Gasteiger partial charge on any atom is -0.457 e. The Bertz CT molecular complexity index is 726. The molecule has 0 unspecified atom stereocenters. The molecule has 4 fully saturated rings. The van der Waals surface area contributed by atoms with Crippen molar-refractivity contribution < 1.29 is 19.0 Å². The molecule has 5 nitrogen and oxygen atoms in total. The third-order valence-corrected chi connectivity index (χ3v) is 6.04. The van der Waals surface area contributed by atoms with Gasteiger partial charge in [-0.3, -0.25) is 4.79 Å². The second-order valence-electron chi connectivity index (χ2n) is 7.88. The van der Waals surface area contributed by atoms with E-state index in [4.69, 9.17) is 17.0 Å². The number of aliphatic hydroxyl groups is 1. The van der Waals surface area contributed by atoms with Crippen molar-refractivity contribution in [1.29, 1.82) is 0 Å². The summed E-state index contributed by atoms with van der Waals surface area (Å²) in [4.78, 5) is 16.5. The van der Waals surface area contributed by atoms with Crippen LogP contribution in [0.3, 0.4) is 0 Å². The molecule has 1 aromatic rings. The topological polar surface area (TPSA) is 53.0 Å². The van der Waals surface area contributed by atoms with Gasteiger partial charge in [-0.05, 0) is 42.3 Å². The summed E-state index contributed by atoms with van der Waals surface area (Å²) in [5, 5.41) is 11.1. The summed E-state index contributed by atoms with van der Waals surface area (Å²) < 4.78 is 18.8. The number of hydrogen-bond donors (Lipinski definition) is 1. The number of fused-ring (bicyclic) bond motifs is 2. The molecule has 4 aliphatic rings. The number of ether oxygens (including phenoxy) is 1. The molecule has 1 aromatic carbocycles. The Labute approximate surface area is 157 Å². The van der Waals surface area contributed by atoms with Gasteiger partial charge in [0.2, 0.25) is 0 Å². The molecule has 26 heavy (non-hydrogen) atoms. The van der Waals surface area contributed by atoms with Crippen molar-refractivity contribution in [2.45, 2.75) is 51.1 Å². The van der Waals surface area contributed by atoms with Crippen LogP contribution in [0.15, 0.2) is 24.3 Å². The van der Waals surface area contributed by atoms with Crippen LogP contribution in [0.4, 0.5) is 4.39 Å². The highest BCUT2D eigenvalue weighted by atomic mass is 32.1. The molecule has 5 rings (SSSR count). The monoisotopic (exact) mass is 378 g/mol. The molecule has 0 aromatic heterocycles. The Morgan fingerprint density at radius 2 is 1.96 bits per heavy atom. The van der Waals surface area contributed by atoms with E-state index >= 15 is 0 Å². The Kier molecular flexibility index (Phi) is 4.39. The number of aliphatic hydroxyl groups excluding tert-OH is 1. The van der Waals surface area contributed by atoms with Gasteiger partial charge in [0.15, 0.2) is 5.11 Å². The molecule has 3 aliphatic heterocycles. The number of esters is 1. The molecule has 0 amide bonds. The number of carbonyl (C=O) groups is 1. The van der Waals surface area contributed by atoms with Crippen LogP contribution < -0.4 is 0 Å². The van der Waals surface area contributed by atoms with E-state index in [-0.39, 0.29) is 29.8 Å². The summed E-state index contributed by atoms with van der Waals surface area (Å²) >= 11 is 5.76. The lowest BCUT2D eigenvalue weighted by Gasteiger charge is -2.49. The number of nitrogens with zero attached hydrogens (tertiary/aromatic N) is 2. The smallest absolute Gasteiger partial charge is 0.311 e. The minimum absolute atomic E-state index is 0.0694. The summed E-state index contributed by atoms with van der Waals surface area (Å²) in [7, 11) is 0. The molecule has 1 aliphatic carbocycles. The van der Waals surface area contributed by atoms with Crippen molar-refractivity contribution >= 4 is 23.3 Å². The summed E-state index contributed by atoms with van der Waals surface area (Å²) in [6, 6.07) is 6.10. The zero-order valence-electron chi connectivity index (χ0n) is 14.8. The zero-order valence-corrected chi connectivity index (χ0v) is 15.7. The van der Waals surface area contributed by atoms with Crippen LogP contribution in [0.25, 0.3) is 0 Å². The van der Waals surface area contributed by atoms with Crippen LogP contribution in [0.2, 0.25) is 0 Å². The molecular weight excluding hydrogens is 355 g/mol. The molecule has 7 heteroatoms. The number of halogens is 1. The van der Waals surface area contributed by atoms with Crippen LogP contribution >= 0.6 is 12.2 Å². The predicted octanol–water partition coefficient (Wildman–Crippen LogP) is 1.93. The lowest BCUT2D eigenvalue weighted by Crippen LogP contribution is -2.66. The molecule has 1 saturated carbocycles. The largest absolute Gasteiger partial charge is 0.457 e. The lowest BCUT2D eigenvalue weighted by atomic mass is 9.74. The number of rotatable bonds is 4. The first-order valence-corrected chi connectivity index (χ1v) is 9.48. The first kappa shape index (κ1) is 17.7. The summed E-state index contributed by atoms with van der Waals surface area (Å²) in [6.45, 7) is 5.50. The Hall–Kier alpha value is -1.73. The SMILES string of the molecule is CC(C)CN1C(=S)N(Cc2ccc(F)cc2)[C@H]2[C@H]3OC(=O)[C@H](C[C@H]3O)[C@H]21. The summed E-state index contributed by atoms with van der Waals surface area (Å²) in [6.07, 6.45) is -0.823. The second-order valence-corrected chi connectivity index (χ2v) is 8.24. The lowest BCUT2D eigenvalue weighted by molar-refractivity contribution is -0.199. The Morgan fingerprint density at radius 3 is 2.62 bits per heavy atom. The van der Waals surface area contributed by atoms with Crippen LogP contribution in [0, 0.1) is 17.7 Å². The van der Waals surface area contributed by atoms with Crippen molar-refractivity contribution in [2.24, 2.45) is 11.8 Å². The van der Waals surface area contributed by atoms with E-state index in [1.54, 1.807) is 12.1 Å². The van der Waals surface area contributed by atoms with Gasteiger partial charge in [0.05, 0.1) is 24.1 Å². The quantitative estimate of drug-likeness (QED) is 0.638. The predicted molar refractivity (Wildman–Crippen MR) is 97.7 cm³/mol. The number of thiocarbonyl (C=S) groups is 1. The third-order valence-electron chi connectivity index (χ3n) is 5.57. The molecule has 2 bridgehead atoms. The maximum absolute atomic E-state index is 13.2. The van der Waals surface area contributed by atoms with Gasteiger partial charge in [-0.25, -0.2) is 4.39 Å². The maximum atomic E-state index is 13.2. The highest BCUT2D eigenvalue weighted by Crippen LogP contribution is 2.44. The highest BCUT2D eigenvalue weighted by Gasteiger charge is 2.62. The van der Waals surface area contributed by atoms with Crippen molar-refractivity contribution in [3.05, 3.63) is 35.6 Å². The van der Waals surface area contributed by atoms with E-state index in [9.17, 15) is 14.3 Å². The average molecular weight is 378 g/mol. The van der Waals surface area contributed by atoms with Crippen molar-refractivity contribution in [1.82, 2.24) is 9.80 Å². The molecule has 0 spiro atoms. The molecule has 3 saturated heterocycles. The Morgan fingerprint density at radius 1 is 1.27 bits per heavy atom. The molecule has 1 N–H and O–H groups in total. The van der Waals surface area contributed by atoms with Crippen molar-refractivity contribution in [3.8, 4) is 0 Å². The number of carbonyl (C=O) groups excluding carboxylic acids is 1. The van der Waals surface area contributed by atoms with Crippen LogP contribution in [-0.4, -0.2) is 56.8 Å². The Balaban J connectivity index is 1.68. The summed E-state index contributed by atoms with van der Waals surface area (Å²) in [5.41, 5.74) is 0.932. The first-order chi connectivity index (χ1) is 12.4.